The minimum absolute atomic E-state index is 0.114. The Morgan fingerprint density at radius 2 is 1.79 bits per heavy atom. The molecule has 4 rings (SSSR count). The van der Waals surface area contributed by atoms with Crippen LogP contribution in [0.25, 0.3) is 33.1 Å². The molecule has 0 fully saturated rings. The van der Waals surface area contributed by atoms with Crippen LogP contribution in [0.3, 0.4) is 0 Å². The van der Waals surface area contributed by atoms with Gasteiger partial charge < -0.3 is 4.98 Å². The fourth-order valence-corrected chi connectivity index (χ4v) is 3.84. The van der Waals surface area contributed by atoms with E-state index in [0.29, 0.717) is 21.2 Å². The van der Waals surface area contributed by atoms with Gasteiger partial charge in [-0.1, -0.05) is 45.2 Å². The number of halogens is 3. The molecular weight excluding hydrogens is 411 g/mol. The van der Waals surface area contributed by atoms with E-state index in [1.807, 2.05) is 24.3 Å². The average Bonchev–Trinajstić information content (AvgIpc) is 2.89. The molecule has 0 amide bonds. The molecule has 0 aliphatic carbocycles. The fraction of sp³-hybridized carbons (Fsp3) is 0.0556. The molecule has 1 N–H and O–H groups in total. The number of pyridine rings is 1. The summed E-state index contributed by atoms with van der Waals surface area (Å²) in [5.74, 6) is 0. The maximum atomic E-state index is 12.8. The summed E-state index contributed by atoms with van der Waals surface area (Å²) in [6.07, 6.45) is 0. The Hall–Kier alpha value is -1.75. The smallest absolute Gasteiger partial charge is 0.259 e. The summed E-state index contributed by atoms with van der Waals surface area (Å²) in [7, 11) is 1.75. The van der Waals surface area contributed by atoms with E-state index < -0.39 is 0 Å². The van der Waals surface area contributed by atoms with Crippen LogP contribution in [-0.2, 0) is 7.05 Å². The van der Waals surface area contributed by atoms with Gasteiger partial charge in [0.1, 0.15) is 5.65 Å². The van der Waals surface area contributed by atoms with Crippen molar-refractivity contribution in [3.8, 4) is 11.1 Å². The van der Waals surface area contributed by atoms with Crippen LogP contribution < -0.4 is 5.56 Å². The second-order valence-corrected chi connectivity index (χ2v) is 7.38. The highest BCUT2D eigenvalue weighted by molar-refractivity contribution is 9.10. The molecule has 2 heterocycles. The molecule has 120 valence electrons. The molecule has 0 saturated carbocycles. The third-order valence-corrected chi connectivity index (χ3v) is 5.20. The van der Waals surface area contributed by atoms with Crippen molar-refractivity contribution in [1.29, 1.82) is 0 Å². The van der Waals surface area contributed by atoms with Gasteiger partial charge in [0.15, 0.2) is 0 Å². The molecule has 0 saturated heterocycles. The molecule has 0 aliphatic rings. The molecule has 2 aromatic carbocycles. The van der Waals surface area contributed by atoms with Crippen LogP contribution in [-0.4, -0.2) is 9.55 Å². The molecule has 2 aromatic heterocycles. The zero-order chi connectivity index (χ0) is 17.0. The van der Waals surface area contributed by atoms with Crippen LogP contribution in [0.5, 0.6) is 0 Å². The van der Waals surface area contributed by atoms with Gasteiger partial charge in [-0.05, 0) is 36.4 Å². The highest BCUT2D eigenvalue weighted by Crippen LogP contribution is 2.33. The van der Waals surface area contributed by atoms with Crippen molar-refractivity contribution in [2.75, 3.05) is 0 Å². The van der Waals surface area contributed by atoms with E-state index in [4.69, 9.17) is 23.2 Å². The molecule has 0 radical (unpaired) electrons. The number of fused-ring (bicyclic) bond motifs is 3. The summed E-state index contributed by atoms with van der Waals surface area (Å²) < 4.78 is 2.60. The number of nitrogens with zero attached hydrogens (tertiary/aromatic N) is 1. The molecule has 0 bridgehead atoms. The fourth-order valence-electron chi connectivity index (χ4n) is 2.97. The lowest BCUT2D eigenvalue weighted by Crippen LogP contribution is -2.19. The van der Waals surface area contributed by atoms with Gasteiger partial charge in [-0.3, -0.25) is 9.36 Å². The quantitative estimate of drug-likeness (QED) is 0.417. The largest absolute Gasteiger partial charge is 0.341 e. The Morgan fingerprint density at radius 1 is 1.00 bits per heavy atom. The van der Waals surface area contributed by atoms with E-state index in [-0.39, 0.29) is 5.56 Å². The van der Waals surface area contributed by atoms with Crippen LogP contribution in [0.2, 0.25) is 10.0 Å². The molecule has 6 heteroatoms. The first-order chi connectivity index (χ1) is 11.5. The molecule has 0 atom stereocenters. The van der Waals surface area contributed by atoms with Gasteiger partial charge in [0.25, 0.3) is 5.56 Å². The lowest BCUT2D eigenvalue weighted by Gasteiger charge is -2.08. The topological polar surface area (TPSA) is 37.8 Å². The van der Waals surface area contributed by atoms with Crippen LogP contribution in [0.4, 0.5) is 0 Å². The van der Waals surface area contributed by atoms with E-state index in [2.05, 4.69) is 20.9 Å². The third kappa shape index (κ3) is 2.37. The van der Waals surface area contributed by atoms with E-state index >= 15 is 0 Å². The van der Waals surface area contributed by atoms with Gasteiger partial charge in [-0.25, -0.2) is 0 Å². The monoisotopic (exact) mass is 420 g/mol. The summed E-state index contributed by atoms with van der Waals surface area (Å²) >= 11 is 15.8. The Kier molecular flexibility index (Phi) is 3.71. The minimum Gasteiger partial charge on any atom is -0.341 e. The van der Waals surface area contributed by atoms with Gasteiger partial charge in [0.05, 0.1) is 5.02 Å². The average molecular weight is 422 g/mol. The summed E-state index contributed by atoms with van der Waals surface area (Å²) in [5.41, 5.74) is 2.86. The number of H-pyrrole nitrogens is 1. The number of hydrogen-bond donors (Lipinski definition) is 1. The first kappa shape index (κ1) is 15.8. The first-order valence-electron chi connectivity index (χ1n) is 7.22. The van der Waals surface area contributed by atoms with E-state index in [1.54, 1.807) is 29.8 Å². The number of hydrogen-bond acceptors (Lipinski definition) is 1. The molecule has 3 nitrogen and oxygen atoms in total. The summed E-state index contributed by atoms with van der Waals surface area (Å²) in [6.45, 7) is 0. The Labute approximate surface area is 155 Å². The lowest BCUT2D eigenvalue weighted by atomic mass is 10.0. The second-order valence-electron chi connectivity index (χ2n) is 5.62. The Bertz CT molecular complexity index is 1180. The number of aromatic nitrogens is 2. The number of rotatable bonds is 1. The minimum atomic E-state index is -0.114. The van der Waals surface area contributed by atoms with Gasteiger partial charge in [0.2, 0.25) is 0 Å². The first-order valence-corrected chi connectivity index (χ1v) is 8.77. The van der Waals surface area contributed by atoms with Crippen molar-refractivity contribution in [3.63, 3.8) is 0 Å². The number of nitrogens with one attached hydrogen (secondary N) is 1. The van der Waals surface area contributed by atoms with E-state index in [1.165, 1.54) is 0 Å². The second kappa shape index (κ2) is 5.66. The Morgan fingerprint density at radius 3 is 2.54 bits per heavy atom. The van der Waals surface area contributed by atoms with Gasteiger partial charge in [-0.2, -0.15) is 0 Å². The maximum absolute atomic E-state index is 12.8. The molecule has 0 aliphatic heterocycles. The van der Waals surface area contributed by atoms with Gasteiger partial charge in [-0.15, -0.1) is 0 Å². The maximum Gasteiger partial charge on any atom is 0.259 e. The highest BCUT2D eigenvalue weighted by Gasteiger charge is 2.15. The zero-order valence-electron chi connectivity index (χ0n) is 12.5. The van der Waals surface area contributed by atoms with Crippen molar-refractivity contribution in [1.82, 2.24) is 9.55 Å². The number of aryl methyl sites for hydroxylation is 1. The highest BCUT2D eigenvalue weighted by atomic mass is 79.9. The molecule has 0 spiro atoms. The lowest BCUT2D eigenvalue weighted by molar-refractivity contribution is 0.896. The van der Waals surface area contributed by atoms with Crippen LogP contribution in [0.1, 0.15) is 0 Å². The zero-order valence-corrected chi connectivity index (χ0v) is 15.6. The Balaban J connectivity index is 2.13. The summed E-state index contributed by atoms with van der Waals surface area (Å²) in [5, 5.41) is 3.01. The standard InChI is InChI=1S/C18H11BrCl2N2O/c1-23-17-13(12-6-9(19)2-5-16(12)22-17)8-14(18(23)24)11-4-3-10(20)7-15(11)21/h2-8,22H,1H3. The number of benzene rings is 2. The predicted octanol–water partition coefficient (Wildman–Crippen LogP) is 5.76. The third-order valence-electron chi connectivity index (χ3n) is 4.16. The molecule has 4 aromatic rings. The van der Waals surface area contributed by atoms with Crippen molar-refractivity contribution in [2.45, 2.75) is 0 Å². The van der Waals surface area contributed by atoms with Crippen molar-refractivity contribution >= 4 is 61.1 Å². The number of aromatic amines is 1. The summed E-state index contributed by atoms with van der Waals surface area (Å²) in [4.78, 5) is 16.1. The van der Waals surface area contributed by atoms with E-state index in [9.17, 15) is 4.79 Å². The predicted molar refractivity (Wildman–Crippen MR) is 104 cm³/mol. The van der Waals surface area contributed by atoms with Gasteiger partial charge in [0, 0.05) is 44.0 Å². The van der Waals surface area contributed by atoms with Crippen LogP contribution in [0, 0.1) is 0 Å². The van der Waals surface area contributed by atoms with Crippen molar-refractivity contribution in [3.05, 3.63) is 67.3 Å². The van der Waals surface area contributed by atoms with Crippen molar-refractivity contribution < 1.29 is 0 Å². The molecule has 0 unspecified atom stereocenters. The normalized spacial score (nSPS) is 11.5. The van der Waals surface area contributed by atoms with E-state index in [0.717, 1.165) is 26.4 Å². The molecular formula is C18H11BrCl2N2O. The summed E-state index contributed by atoms with van der Waals surface area (Å²) in [6, 6.07) is 13.0. The molecule has 24 heavy (non-hydrogen) atoms. The van der Waals surface area contributed by atoms with Crippen LogP contribution >= 0.6 is 39.1 Å². The van der Waals surface area contributed by atoms with Crippen molar-refractivity contribution in [2.24, 2.45) is 7.05 Å². The van der Waals surface area contributed by atoms with Gasteiger partial charge >= 0.3 is 0 Å². The SMILES string of the molecule is Cn1c(=O)c(-c2ccc(Cl)cc2Cl)cc2c3cc(Br)ccc3[nH]c21. The van der Waals surface area contributed by atoms with Crippen LogP contribution in [0.15, 0.2) is 51.7 Å².